The van der Waals surface area contributed by atoms with Gasteiger partial charge in [0.25, 0.3) is 0 Å². The van der Waals surface area contributed by atoms with Gasteiger partial charge in [-0.3, -0.25) is 0 Å². The summed E-state index contributed by atoms with van der Waals surface area (Å²) in [6.45, 7) is 3.71. The summed E-state index contributed by atoms with van der Waals surface area (Å²) in [6, 6.07) is 0. The molecule has 0 atom stereocenters. The van der Waals surface area contributed by atoms with Gasteiger partial charge in [-0.2, -0.15) is 8.78 Å². The van der Waals surface area contributed by atoms with Gasteiger partial charge in [0, 0.05) is 5.41 Å². The zero-order valence-corrected chi connectivity index (χ0v) is 16.0. The van der Waals surface area contributed by atoms with Gasteiger partial charge in [-0.15, -0.1) is 0 Å². The second kappa shape index (κ2) is 7.74. The van der Waals surface area contributed by atoms with E-state index in [1.807, 2.05) is 13.8 Å². The minimum absolute atomic E-state index is 0.0705. The Morgan fingerprint density at radius 1 is 0.923 bits per heavy atom. The first-order valence-corrected chi connectivity index (χ1v) is 10.1. The van der Waals surface area contributed by atoms with Crippen LogP contribution >= 0.6 is 0 Å². The Morgan fingerprint density at radius 3 is 2.19 bits per heavy atom. The summed E-state index contributed by atoms with van der Waals surface area (Å²) in [4.78, 5) is 0. The van der Waals surface area contributed by atoms with E-state index < -0.39 is 17.4 Å². The molecule has 0 radical (unpaired) electrons. The molecule has 0 spiro atoms. The van der Waals surface area contributed by atoms with E-state index in [9.17, 15) is 13.9 Å². The van der Waals surface area contributed by atoms with Crippen LogP contribution in [0.3, 0.4) is 0 Å². The van der Waals surface area contributed by atoms with E-state index >= 15 is 0 Å². The largest absolute Gasteiger partial charge is 0.508 e. The molecule has 0 aromatic heterocycles. The fourth-order valence-electron chi connectivity index (χ4n) is 4.89. The summed E-state index contributed by atoms with van der Waals surface area (Å²) in [6.07, 6.45) is 12.4. The molecule has 1 N–H and O–H groups in total. The van der Waals surface area contributed by atoms with Crippen molar-refractivity contribution in [3.63, 3.8) is 0 Å². The molecule has 2 saturated carbocycles. The quantitative estimate of drug-likeness (QED) is 0.586. The Labute approximate surface area is 156 Å². The molecule has 4 heteroatoms. The molecule has 3 aliphatic carbocycles. The van der Waals surface area contributed by atoms with E-state index in [0.29, 0.717) is 18.8 Å². The molecular weight excluding hydrogens is 334 g/mol. The third-order valence-electron chi connectivity index (χ3n) is 6.27. The van der Waals surface area contributed by atoms with Crippen molar-refractivity contribution in [2.24, 2.45) is 23.2 Å². The molecule has 3 rings (SSSR count). The third kappa shape index (κ3) is 4.89. The predicted molar refractivity (Wildman–Crippen MR) is 99.8 cm³/mol. The lowest BCUT2D eigenvalue weighted by Crippen LogP contribution is -2.35. The standard InChI is InChI=1S/C22H32F2O2/c1-21(2)14-19(25)12-13-20(15-21)26-22(23,24)18-10-8-17(9-11-18)16-6-4-3-5-7-16/h12-18,25H,3-11H2,1-2H3. The van der Waals surface area contributed by atoms with Crippen LogP contribution in [0.2, 0.25) is 0 Å². The van der Waals surface area contributed by atoms with E-state index in [0.717, 1.165) is 18.8 Å². The molecule has 2 fully saturated rings. The Balaban J connectivity index is 1.59. The van der Waals surface area contributed by atoms with Crippen molar-refractivity contribution in [1.29, 1.82) is 0 Å². The van der Waals surface area contributed by atoms with Crippen molar-refractivity contribution in [1.82, 2.24) is 0 Å². The predicted octanol–water partition coefficient (Wildman–Crippen LogP) is 6.90. The highest BCUT2D eigenvalue weighted by Crippen LogP contribution is 2.45. The van der Waals surface area contributed by atoms with Crippen LogP contribution in [0.4, 0.5) is 8.78 Å². The van der Waals surface area contributed by atoms with Crippen molar-refractivity contribution >= 4 is 0 Å². The lowest BCUT2D eigenvalue weighted by atomic mass is 9.71. The van der Waals surface area contributed by atoms with Crippen LogP contribution in [-0.4, -0.2) is 11.2 Å². The fraction of sp³-hybridized carbons (Fsp3) is 0.727. The maximum atomic E-state index is 14.8. The van der Waals surface area contributed by atoms with Crippen LogP contribution in [-0.2, 0) is 4.74 Å². The highest BCUT2D eigenvalue weighted by atomic mass is 19.3. The lowest BCUT2D eigenvalue weighted by molar-refractivity contribution is -0.254. The number of aliphatic hydroxyl groups is 1. The first-order valence-electron chi connectivity index (χ1n) is 10.1. The smallest absolute Gasteiger partial charge is 0.400 e. The molecule has 26 heavy (non-hydrogen) atoms. The van der Waals surface area contributed by atoms with Gasteiger partial charge in [-0.1, -0.05) is 46.0 Å². The van der Waals surface area contributed by atoms with Crippen LogP contribution in [0.15, 0.2) is 35.8 Å². The molecular formula is C22H32F2O2. The number of ether oxygens (including phenoxy) is 1. The molecule has 0 heterocycles. The van der Waals surface area contributed by atoms with E-state index in [1.54, 1.807) is 12.2 Å². The van der Waals surface area contributed by atoms with Crippen molar-refractivity contribution in [2.75, 3.05) is 0 Å². The van der Waals surface area contributed by atoms with Crippen molar-refractivity contribution < 1.29 is 18.6 Å². The number of hydrogen-bond donors (Lipinski definition) is 1. The summed E-state index contributed by atoms with van der Waals surface area (Å²) < 4.78 is 34.7. The van der Waals surface area contributed by atoms with Crippen molar-refractivity contribution in [2.45, 2.75) is 77.7 Å². The van der Waals surface area contributed by atoms with Crippen LogP contribution in [0.1, 0.15) is 71.6 Å². The summed E-state index contributed by atoms with van der Waals surface area (Å²) in [7, 11) is 0. The van der Waals surface area contributed by atoms with Gasteiger partial charge in [0.2, 0.25) is 0 Å². The Hall–Kier alpha value is -1.32. The lowest BCUT2D eigenvalue weighted by Gasteiger charge is -2.38. The van der Waals surface area contributed by atoms with Gasteiger partial charge < -0.3 is 9.84 Å². The summed E-state index contributed by atoms with van der Waals surface area (Å²) in [5, 5.41) is 9.74. The van der Waals surface area contributed by atoms with Gasteiger partial charge in [0.05, 0.1) is 5.92 Å². The summed E-state index contributed by atoms with van der Waals surface area (Å²) >= 11 is 0. The van der Waals surface area contributed by atoms with E-state index in [4.69, 9.17) is 4.74 Å². The zero-order chi connectivity index (χ0) is 18.8. The van der Waals surface area contributed by atoms with Crippen LogP contribution < -0.4 is 0 Å². The Morgan fingerprint density at radius 2 is 1.54 bits per heavy atom. The summed E-state index contributed by atoms with van der Waals surface area (Å²) in [5.74, 6) is 0.862. The number of aliphatic hydroxyl groups excluding tert-OH is 1. The van der Waals surface area contributed by atoms with Gasteiger partial charge in [0.1, 0.15) is 11.5 Å². The zero-order valence-electron chi connectivity index (χ0n) is 16.0. The second-order valence-electron chi connectivity index (χ2n) is 8.94. The Kier molecular flexibility index (Phi) is 5.78. The number of allylic oxidation sites excluding steroid dienone is 4. The summed E-state index contributed by atoms with van der Waals surface area (Å²) in [5.41, 5.74) is -0.530. The topological polar surface area (TPSA) is 29.5 Å². The first kappa shape index (κ1) is 19.4. The molecule has 0 aromatic rings. The minimum atomic E-state index is -3.16. The van der Waals surface area contributed by atoms with E-state index in [1.165, 1.54) is 44.3 Å². The molecule has 0 aromatic carbocycles. The number of alkyl halides is 2. The molecule has 0 unspecified atom stereocenters. The van der Waals surface area contributed by atoms with Crippen LogP contribution in [0.25, 0.3) is 0 Å². The number of halogens is 2. The maximum absolute atomic E-state index is 14.8. The van der Waals surface area contributed by atoms with Crippen LogP contribution in [0, 0.1) is 23.2 Å². The molecule has 0 aliphatic heterocycles. The van der Waals surface area contributed by atoms with E-state index in [2.05, 4.69) is 0 Å². The van der Waals surface area contributed by atoms with E-state index in [-0.39, 0.29) is 11.5 Å². The maximum Gasteiger partial charge on any atom is 0.400 e. The first-order chi connectivity index (χ1) is 12.3. The van der Waals surface area contributed by atoms with Crippen molar-refractivity contribution in [3.05, 3.63) is 35.8 Å². The van der Waals surface area contributed by atoms with Gasteiger partial charge in [0.15, 0.2) is 0 Å². The Bertz CT molecular complexity index is 575. The van der Waals surface area contributed by atoms with Gasteiger partial charge in [-0.05, 0) is 61.8 Å². The monoisotopic (exact) mass is 366 g/mol. The third-order valence-corrected chi connectivity index (χ3v) is 6.27. The van der Waals surface area contributed by atoms with Crippen molar-refractivity contribution in [3.8, 4) is 0 Å². The van der Waals surface area contributed by atoms with Crippen LogP contribution in [0.5, 0.6) is 0 Å². The number of hydrogen-bond acceptors (Lipinski definition) is 2. The minimum Gasteiger partial charge on any atom is -0.508 e. The van der Waals surface area contributed by atoms with Gasteiger partial charge >= 0.3 is 6.11 Å². The molecule has 0 amide bonds. The normalized spacial score (nSPS) is 30.3. The average molecular weight is 366 g/mol. The van der Waals surface area contributed by atoms with Gasteiger partial charge in [-0.25, -0.2) is 0 Å². The molecule has 0 saturated heterocycles. The highest BCUT2D eigenvalue weighted by molar-refractivity contribution is 5.30. The fourth-order valence-corrected chi connectivity index (χ4v) is 4.89. The second-order valence-corrected chi connectivity index (χ2v) is 8.94. The highest BCUT2D eigenvalue weighted by Gasteiger charge is 2.45. The SMILES string of the molecule is CC1(C)C=C(O)C=CC(OC(F)(F)C2CCC(C3CCCCC3)CC2)=C1. The molecule has 146 valence electrons. The average Bonchev–Trinajstić information content (AvgIpc) is 2.72. The molecule has 3 aliphatic rings. The molecule has 2 nitrogen and oxygen atoms in total. The number of rotatable bonds is 4. The molecule has 0 bridgehead atoms.